The van der Waals surface area contributed by atoms with Gasteiger partial charge in [-0.05, 0) is 26.0 Å². The van der Waals surface area contributed by atoms with Crippen LogP contribution in [0.4, 0.5) is 5.69 Å². The molecule has 0 bridgehead atoms. The molecule has 1 rings (SSSR count). The van der Waals surface area contributed by atoms with Gasteiger partial charge in [0.25, 0.3) is 0 Å². The Labute approximate surface area is 107 Å². The van der Waals surface area contributed by atoms with E-state index in [2.05, 4.69) is 15.9 Å². The zero-order valence-electron chi connectivity index (χ0n) is 9.69. The van der Waals surface area contributed by atoms with Crippen LogP contribution in [-0.2, 0) is 0 Å². The number of benzene rings is 1. The Morgan fingerprint density at radius 3 is 2.47 bits per heavy atom. The first-order valence-corrected chi connectivity index (χ1v) is 5.63. The van der Waals surface area contributed by atoms with Crippen molar-refractivity contribution >= 4 is 27.4 Å². The van der Waals surface area contributed by atoms with E-state index in [0.717, 1.165) is 0 Å². The third kappa shape index (κ3) is 3.03. The molecule has 0 aliphatic rings. The highest BCUT2D eigenvalue weighted by molar-refractivity contribution is 9.10. The number of halogens is 1. The number of nitro benzene ring substituents is 1. The minimum absolute atomic E-state index is 0.138. The monoisotopic (exact) mass is 301 g/mol. The van der Waals surface area contributed by atoms with Gasteiger partial charge in [-0.25, -0.2) is 0 Å². The van der Waals surface area contributed by atoms with Crippen molar-refractivity contribution in [2.75, 3.05) is 7.11 Å². The minimum atomic E-state index is -0.755. The van der Waals surface area contributed by atoms with Crippen molar-refractivity contribution < 1.29 is 14.5 Å². The third-order valence-electron chi connectivity index (χ3n) is 2.18. The molecule has 0 aromatic heterocycles. The summed E-state index contributed by atoms with van der Waals surface area (Å²) in [5.74, 6) is -0.0813. The summed E-state index contributed by atoms with van der Waals surface area (Å²) in [5.41, 5.74) is 0.0643. The molecule has 5 nitrogen and oxygen atoms in total. The fourth-order valence-corrected chi connectivity index (χ4v) is 1.55. The Bertz CT molecular complexity index is 465. The number of rotatable bonds is 4. The first-order valence-electron chi connectivity index (χ1n) is 4.83. The highest BCUT2D eigenvalue weighted by atomic mass is 79.9. The number of carbonyl (C=O) groups is 1. The van der Waals surface area contributed by atoms with Gasteiger partial charge in [-0.1, -0.05) is 15.9 Å². The summed E-state index contributed by atoms with van der Waals surface area (Å²) in [4.78, 5) is 22.2. The maximum Gasteiger partial charge on any atom is 0.311 e. The van der Waals surface area contributed by atoms with Crippen LogP contribution in [0.3, 0.4) is 0 Å². The van der Waals surface area contributed by atoms with Crippen molar-refractivity contribution in [2.45, 2.75) is 18.2 Å². The van der Waals surface area contributed by atoms with Crippen molar-refractivity contribution in [2.24, 2.45) is 0 Å². The number of ketones is 1. The maximum atomic E-state index is 11.9. The van der Waals surface area contributed by atoms with Crippen molar-refractivity contribution in [3.05, 3.63) is 33.9 Å². The lowest BCUT2D eigenvalue weighted by Crippen LogP contribution is -2.24. The molecule has 0 fully saturated rings. The number of methoxy groups -OCH3 is 1. The lowest BCUT2D eigenvalue weighted by molar-refractivity contribution is -0.385. The lowest BCUT2D eigenvalue weighted by atomic mass is 10.0. The lowest BCUT2D eigenvalue weighted by Gasteiger charge is -2.14. The SMILES string of the molecule is COc1ccc(C(=O)C(C)(C)Br)cc1[N+](=O)[O-]. The Kier molecular flexibility index (Phi) is 3.87. The molecule has 0 aliphatic heterocycles. The summed E-state index contributed by atoms with van der Waals surface area (Å²) in [6.45, 7) is 3.37. The standard InChI is InChI=1S/C11H12BrNO4/c1-11(2,12)10(14)7-4-5-9(17-3)8(6-7)13(15)16/h4-6H,1-3H3. The van der Waals surface area contributed by atoms with Crippen LogP contribution in [0.2, 0.25) is 0 Å². The van der Waals surface area contributed by atoms with Crippen LogP contribution in [0.5, 0.6) is 5.75 Å². The van der Waals surface area contributed by atoms with Gasteiger partial charge < -0.3 is 4.74 Å². The fraction of sp³-hybridized carbons (Fsp3) is 0.364. The molecule has 0 amide bonds. The van der Waals surface area contributed by atoms with Gasteiger partial charge >= 0.3 is 5.69 Å². The van der Waals surface area contributed by atoms with Crippen LogP contribution >= 0.6 is 15.9 Å². The summed E-state index contributed by atoms with van der Waals surface area (Å²) in [6.07, 6.45) is 0. The molecule has 0 saturated heterocycles. The normalized spacial score (nSPS) is 11.1. The average Bonchev–Trinajstić information content (AvgIpc) is 2.25. The van der Waals surface area contributed by atoms with E-state index in [0.29, 0.717) is 0 Å². The maximum absolute atomic E-state index is 11.9. The Balaban J connectivity index is 3.26. The zero-order valence-corrected chi connectivity index (χ0v) is 11.3. The van der Waals surface area contributed by atoms with E-state index in [1.807, 2.05) is 0 Å². The van der Waals surface area contributed by atoms with E-state index >= 15 is 0 Å². The molecule has 1 aromatic rings. The largest absolute Gasteiger partial charge is 0.490 e. The number of hydrogen-bond acceptors (Lipinski definition) is 4. The molecule has 0 radical (unpaired) electrons. The molecule has 1 aromatic carbocycles. The van der Waals surface area contributed by atoms with Gasteiger partial charge in [-0.15, -0.1) is 0 Å². The van der Waals surface area contributed by atoms with E-state index in [1.54, 1.807) is 13.8 Å². The summed E-state index contributed by atoms with van der Waals surface area (Å²) in [5, 5.41) is 10.8. The Morgan fingerprint density at radius 1 is 1.47 bits per heavy atom. The first kappa shape index (κ1) is 13.6. The molecular formula is C11H12BrNO4. The zero-order chi connectivity index (χ0) is 13.2. The van der Waals surface area contributed by atoms with Crippen LogP contribution in [-0.4, -0.2) is 22.1 Å². The van der Waals surface area contributed by atoms with E-state index in [9.17, 15) is 14.9 Å². The van der Waals surface area contributed by atoms with Crippen molar-refractivity contribution in [1.82, 2.24) is 0 Å². The van der Waals surface area contributed by atoms with Gasteiger partial charge in [-0.3, -0.25) is 14.9 Å². The predicted molar refractivity (Wildman–Crippen MR) is 67.0 cm³/mol. The molecule has 0 unspecified atom stereocenters. The number of nitro groups is 1. The summed E-state index contributed by atoms with van der Waals surface area (Å²) in [6, 6.07) is 4.16. The number of Topliss-reactive ketones (excluding diaryl/α,β-unsaturated/α-hetero) is 1. The molecule has 6 heteroatoms. The average molecular weight is 302 g/mol. The quantitative estimate of drug-likeness (QED) is 0.371. The molecule has 0 atom stereocenters. The molecule has 0 heterocycles. The van der Waals surface area contributed by atoms with E-state index in [4.69, 9.17) is 4.74 Å². The smallest absolute Gasteiger partial charge is 0.311 e. The van der Waals surface area contributed by atoms with Crippen LogP contribution < -0.4 is 4.74 Å². The van der Waals surface area contributed by atoms with Crippen molar-refractivity contribution in [3.63, 3.8) is 0 Å². The van der Waals surface area contributed by atoms with Crippen LogP contribution in [0.25, 0.3) is 0 Å². The number of ether oxygens (including phenoxy) is 1. The van der Waals surface area contributed by atoms with Gasteiger partial charge in [-0.2, -0.15) is 0 Å². The van der Waals surface area contributed by atoms with Gasteiger partial charge in [0.2, 0.25) is 0 Å². The number of hydrogen-bond donors (Lipinski definition) is 0. The molecule has 0 spiro atoms. The molecule has 0 aliphatic carbocycles. The second-order valence-corrected chi connectivity index (χ2v) is 5.93. The summed E-state index contributed by atoms with van der Waals surface area (Å²) < 4.78 is 4.11. The highest BCUT2D eigenvalue weighted by Gasteiger charge is 2.27. The van der Waals surface area contributed by atoms with Crippen LogP contribution in [0.15, 0.2) is 18.2 Å². The van der Waals surface area contributed by atoms with Gasteiger partial charge in [0.15, 0.2) is 11.5 Å². The Hall–Kier alpha value is -1.43. The first-order chi connectivity index (χ1) is 7.77. The van der Waals surface area contributed by atoms with E-state index in [1.165, 1.54) is 25.3 Å². The number of carbonyl (C=O) groups excluding carboxylic acids is 1. The van der Waals surface area contributed by atoms with Crippen LogP contribution in [0.1, 0.15) is 24.2 Å². The van der Waals surface area contributed by atoms with E-state index in [-0.39, 0.29) is 22.8 Å². The van der Waals surface area contributed by atoms with E-state index < -0.39 is 9.25 Å². The molecular weight excluding hydrogens is 290 g/mol. The molecule has 0 N–H and O–H groups in total. The Morgan fingerprint density at radius 2 is 2.06 bits per heavy atom. The van der Waals surface area contributed by atoms with Crippen molar-refractivity contribution in [3.8, 4) is 5.75 Å². The van der Waals surface area contributed by atoms with Gasteiger partial charge in [0.05, 0.1) is 16.4 Å². The summed E-state index contributed by atoms with van der Waals surface area (Å²) >= 11 is 3.23. The van der Waals surface area contributed by atoms with Gasteiger partial charge in [0, 0.05) is 11.6 Å². The fourth-order valence-electron chi connectivity index (χ4n) is 1.32. The summed E-state index contributed by atoms with van der Waals surface area (Å²) in [7, 11) is 1.35. The molecule has 0 saturated carbocycles. The van der Waals surface area contributed by atoms with Gasteiger partial charge in [0.1, 0.15) is 0 Å². The predicted octanol–water partition coefficient (Wildman–Crippen LogP) is 2.96. The minimum Gasteiger partial charge on any atom is -0.490 e. The number of nitrogens with zero attached hydrogens (tertiary/aromatic N) is 1. The second kappa shape index (κ2) is 4.83. The van der Waals surface area contributed by atoms with Crippen LogP contribution in [0, 0.1) is 10.1 Å². The second-order valence-electron chi connectivity index (χ2n) is 3.95. The highest BCUT2D eigenvalue weighted by Crippen LogP contribution is 2.30. The molecule has 92 valence electrons. The topological polar surface area (TPSA) is 69.4 Å². The van der Waals surface area contributed by atoms with Crippen molar-refractivity contribution in [1.29, 1.82) is 0 Å². The number of alkyl halides is 1. The molecule has 17 heavy (non-hydrogen) atoms. The third-order valence-corrected chi connectivity index (χ3v) is 2.54.